The summed E-state index contributed by atoms with van der Waals surface area (Å²) >= 11 is 5.71. The molecular weight excluding hydrogens is 202 g/mol. The summed E-state index contributed by atoms with van der Waals surface area (Å²) in [6, 6.07) is 4.97. The van der Waals surface area contributed by atoms with Gasteiger partial charge in [0.1, 0.15) is 0 Å². The molecule has 0 spiro atoms. The predicted molar refractivity (Wildman–Crippen MR) is 57.2 cm³/mol. The third-order valence-electron chi connectivity index (χ3n) is 1.66. The Labute approximate surface area is 87.7 Å². The van der Waals surface area contributed by atoms with Crippen molar-refractivity contribution in [3.8, 4) is 0 Å². The smallest absolute Gasteiger partial charge is 0.337 e. The topological polar surface area (TPSA) is 49.3 Å². The summed E-state index contributed by atoms with van der Waals surface area (Å²) in [5.41, 5.74) is 0.795. The Kier molecular flexibility index (Phi) is 3.36. The van der Waals surface area contributed by atoms with Crippen molar-refractivity contribution in [3.05, 3.63) is 28.8 Å². The Hall–Kier alpha value is -1.22. The van der Waals surface area contributed by atoms with Gasteiger partial charge in [0.2, 0.25) is 0 Å². The van der Waals surface area contributed by atoms with Crippen molar-refractivity contribution < 1.29 is 9.90 Å². The third kappa shape index (κ3) is 2.64. The first-order chi connectivity index (χ1) is 6.50. The fourth-order valence-corrected chi connectivity index (χ4v) is 1.30. The van der Waals surface area contributed by atoms with Crippen LogP contribution >= 0.6 is 11.6 Å². The zero-order valence-electron chi connectivity index (χ0n) is 8.04. The van der Waals surface area contributed by atoms with Crippen LogP contribution in [0.15, 0.2) is 18.2 Å². The summed E-state index contributed by atoms with van der Waals surface area (Å²) in [7, 11) is 0. The molecule has 4 heteroatoms. The number of hydrogen-bond acceptors (Lipinski definition) is 2. The average Bonchev–Trinajstić information content (AvgIpc) is 2.07. The van der Waals surface area contributed by atoms with Crippen LogP contribution in [0.25, 0.3) is 0 Å². The van der Waals surface area contributed by atoms with Gasteiger partial charge in [-0.2, -0.15) is 0 Å². The highest BCUT2D eigenvalue weighted by atomic mass is 35.5. The van der Waals surface area contributed by atoms with E-state index in [0.29, 0.717) is 10.7 Å². The van der Waals surface area contributed by atoms with Gasteiger partial charge in [0, 0.05) is 16.8 Å². The molecule has 14 heavy (non-hydrogen) atoms. The molecule has 0 bridgehead atoms. The van der Waals surface area contributed by atoms with Gasteiger partial charge in [0.25, 0.3) is 0 Å². The number of nitrogens with one attached hydrogen (secondary N) is 1. The molecule has 0 saturated heterocycles. The second-order valence-electron chi connectivity index (χ2n) is 3.29. The molecule has 0 heterocycles. The van der Waals surface area contributed by atoms with Crippen LogP contribution < -0.4 is 5.32 Å². The van der Waals surface area contributed by atoms with Gasteiger partial charge in [-0.3, -0.25) is 0 Å². The van der Waals surface area contributed by atoms with E-state index in [9.17, 15) is 4.79 Å². The lowest BCUT2D eigenvalue weighted by Crippen LogP contribution is -2.13. The van der Waals surface area contributed by atoms with Crippen LogP contribution in [0, 0.1) is 0 Å². The van der Waals surface area contributed by atoms with Gasteiger partial charge in [-0.05, 0) is 32.0 Å². The first-order valence-corrected chi connectivity index (χ1v) is 4.68. The fourth-order valence-electron chi connectivity index (χ4n) is 1.13. The van der Waals surface area contributed by atoms with Crippen molar-refractivity contribution in [3.63, 3.8) is 0 Å². The Balaban J connectivity index is 3.08. The highest BCUT2D eigenvalue weighted by Gasteiger charge is 2.10. The number of aromatic carboxylic acids is 1. The van der Waals surface area contributed by atoms with E-state index in [4.69, 9.17) is 16.7 Å². The van der Waals surface area contributed by atoms with Crippen LogP contribution in [0.1, 0.15) is 24.2 Å². The van der Waals surface area contributed by atoms with Gasteiger partial charge in [-0.1, -0.05) is 11.6 Å². The highest BCUT2D eigenvalue weighted by Crippen LogP contribution is 2.21. The third-order valence-corrected chi connectivity index (χ3v) is 1.89. The monoisotopic (exact) mass is 213 g/mol. The summed E-state index contributed by atoms with van der Waals surface area (Å²) in [4.78, 5) is 10.9. The second kappa shape index (κ2) is 4.33. The zero-order valence-corrected chi connectivity index (χ0v) is 8.80. The summed E-state index contributed by atoms with van der Waals surface area (Å²) < 4.78 is 0. The second-order valence-corrected chi connectivity index (χ2v) is 3.73. The molecule has 0 aliphatic rings. The lowest BCUT2D eigenvalue weighted by molar-refractivity contribution is 0.0698. The molecule has 0 aliphatic carbocycles. The lowest BCUT2D eigenvalue weighted by Gasteiger charge is -2.12. The summed E-state index contributed by atoms with van der Waals surface area (Å²) in [5.74, 6) is -0.976. The molecule has 76 valence electrons. The largest absolute Gasteiger partial charge is 0.478 e. The zero-order chi connectivity index (χ0) is 10.7. The van der Waals surface area contributed by atoms with E-state index in [1.165, 1.54) is 6.07 Å². The van der Waals surface area contributed by atoms with Crippen molar-refractivity contribution in [1.29, 1.82) is 0 Å². The van der Waals surface area contributed by atoms with Crippen LogP contribution in [0.5, 0.6) is 0 Å². The van der Waals surface area contributed by atoms with Crippen molar-refractivity contribution in [1.82, 2.24) is 0 Å². The van der Waals surface area contributed by atoms with Gasteiger partial charge in [0.05, 0.1) is 5.56 Å². The molecule has 0 radical (unpaired) electrons. The maximum absolute atomic E-state index is 10.9. The van der Waals surface area contributed by atoms with Crippen molar-refractivity contribution in [2.45, 2.75) is 19.9 Å². The van der Waals surface area contributed by atoms with E-state index in [1.807, 2.05) is 13.8 Å². The standard InChI is InChI=1S/C10H12ClNO2/c1-6(2)12-9-4-3-7(11)5-8(9)10(13)14/h3-6,12H,1-2H3,(H,13,14). The molecule has 0 unspecified atom stereocenters. The molecular formula is C10H12ClNO2. The van der Waals surface area contributed by atoms with Gasteiger partial charge >= 0.3 is 5.97 Å². The molecule has 0 saturated carbocycles. The summed E-state index contributed by atoms with van der Waals surface area (Å²) in [5, 5.41) is 12.4. The van der Waals surface area contributed by atoms with Gasteiger partial charge in [-0.25, -0.2) is 4.79 Å². The molecule has 0 aliphatic heterocycles. The molecule has 0 aromatic heterocycles. The van der Waals surface area contributed by atoms with Gasteiger partial charge in [-0.15, -0.1) is 0 Å². The number of hydrogen-bond donors (Lipinski definition) is 2. The molecule has 0 amide bonds. The Morgan fingerprint density at radius 1 is 1.50 bits per heavy atom. The maximum Gasteiger partial charge on any atom is 0.337 e. The van der Waals surface area contributed by atoms with Crippen molar-refractivity contribution in [2.24, 2.45) is 0 Å². The number of halogens is 1. The van der Waals surface area contributed by atoms with Crippen LogP contribution in [0.4, 0.5) is 5.69 Å². The minimum atomic E-state index is -0.976. The minimum Gasteiger partial charge on any atom is -0.478 e. The van der Waals surface area contributed by atoms with Crippen LogP contribution in [-0.2, 0) is 0 Å². The minimum absolute atomic E-state index is 0.189. The number of benzene rings is 1. The average molecular weight is 214 g/mol. The first-order valence-electron chi connectivity index (χ1n) is 4.30. The van der Waals surface area contributed by atoms with E-state index in [2.05, 4.69) is 5.32 Å². The van der Waals surface area contributed by atoms with Gasteiger partial charge < -0.3 is 10.4 Å². The van der Waals surface area contributed by atoms with E-state index in [0.717, 1.165) is 0 Å². The Morgan fingerprint density at radius 2 is 2.14 bits per heavy atom. The summed E-state index contributed by atoms with van der Waals surface area (Å²) in [6.45, 7) is 3.89. The normalized spacial score (nSPS) is 10.3. The molecule has 2 N–H and O–H groups in total. The molecule has 0 fully saturated rings. The van der Waals surface area contributed by atoms with Crippen molar-refractivity contribution in [2.75, 3.05) is 5.32 Å². The lowest BCUT2D eigenvalue weighted by atomic mass is 10.1. The molecule has 1 aromatic carbocycles. The van der Waals surface area contributed by atoms with Gasteiger partial charge in [0.15, 0.2) is 0 Å². The molecule has 1 rings (SSSR count). The molecule has 3 nitrogen and oxygen atoms in total. The summed E-state index contributed by atoms with van der Waals surface area (Å²) in [6.07, 6.45) is 0. The number of carboxylic acid groups (broad SMARTS) is 1. The van der Waals surface area contributed by atoms with Crippen molar-refractivity contribution >= 4 is 23.3 Å². The van der Waals surface area contributed by atoms with Crippen LogP contribution in [0.3, 0.4) is 0 Å². The SMILES string of the molecule is CC(C)Nc1ccc(Cl)cc1C(=O)O. The quantitative estimate of drug-likeness (QED) is 0.812. The number of rotatable bonds is 3. The van der Waals surface area contributed by atoms with Crippen LogP contribution in [0.2, 0.25) is 5.02 Å². The highest BCUT2D eigenvalue weighted by molar-refractivity contribution is 6.31. The van der Waals surface area contributed by atoms with E-state index in [1.54, 1.807) is 12.1 Å². The van der Waals surface area contributed by atoms with E-state index < -0.39 is 5.97 Å². The Morgan fingerprint density at radius 3 is 2.64 bits per heavy atom. The van der Waals surface area contributed by atoms with E-state index in [-0.39, 0.29) is 11.6 Å². The maximum atomic E-state index is 10.9. The number of carbonyl (C=O) groups is 1. The fraction of sp³-hybridized carbons (Fsp3) is 0.300. The molecule has 0 atom stereocenters. The Bertz CT molecular complexity index is 350. The number of carboxylic acids is 1. The number of anilines is 1. The molecule has 1 aromatic rings. The predicted octanol–water partition coefficient (Wildman–Crippen LogP) is 2.86. The van der Waals surface area contributed by atoms with E-state index >= 15 is 0 Å². The first kappa shape index (κ1) is 10.9. The van der Waals surface area contributed by atoms with Crippen LogP contribution in [-0.4, -0.2) is 17.1 Å².